The molecule has 4 bridgehead atoms. The predicted molar refractivity (Wildman–Crippen MR) is 82.3 cm³/mol. The lowest BCUT2D eigenvalue weighted by molar-refractivity contribution is -0.0707. The van der Waals surface area contributed by atoms with Crippen molar-refractivity contribution in [1.29, 1.82) is 0 Å². The Hall–Kier alpha value is -0.760. The van der Waals surface area contributed by atoms with E-state index in [-0.39, 0.29) is 0 Å². The van der Waals surface area contributed by atoms with Crippen molar-refractivity contribution in [3.05, 3.63) is 24.0 Å². The number of hydrogen-bond donors (Lipinski definition) is 1. The Bertz CT molecular complexity index is 452. The second kappa shape index (κ2) is 4.62. The number of nitrogens with one attached hydrogen (secondary N) is 1. The highest BCUT2D eigenvalue weighted by Crippen LogP contribution is 2.61. The third-order valence-electron chi connectivity index (χ3n) is 6.64. The molecule has 1 aromatic rings. The summed E-state index contributed by atoms with van der Waals surface area (Å²) in [6, 6.07) is 5.05. The van der Waals surface area contributed by atoms with Crippen LogP contribution in [0.5, 0.6) is 0 Å². The van der Waals surface area contributed by atoms with Gasteiger partial charge in [-0.25, -0.2) is 0 Å². The summed E-state index contributed by atoms with van der Waals surface area (Å²) in [5, 5.41) is 3.86. The zero-order valence-electron chi connectivity index (χ0n) is 12.9. The van der Waals surface area contributed by atoms with Gasteiger partial charge in [-0.05, 0) is 80.8 Å². The van der Waals surface area contributed by atoms with Gasteiger partial charge >= 0.3 is 0 Å². The first-order valence-electron chi connectivity index (χ1n) is 8.48. The van der Waals surface area contributed by atoms with E-state index in [0.29, 0.717) is 11.5 Å². The molecule has 5 rings (SSSR count). The van der Waals surface area contributed by atoms with Crippen LogP contribution in [0, 0.1) is 23.2 Å². The summed E-state index contributed by atoms with van der Waals surface area (Å²) in [6.45, 7) is 3.47. The van der Waals surface area contributed by atoms with Crippen molar-refractivity contribution in [2.45, 2.75) is 58.0 Å². The Morgan fingerprint density at radius 1 is 1.20 bits per heavy atom. The largest absolute Gasteiger partial charge is 0.353 e. The molecule has 0 radical (unpaired) electrons. The van der Waals surface area contributed by atoms with Crippen LogP contribution in [0.4, 0.5) is 0 Å². The fourth-order valence-electron chi connectivity index (χ4n) is 5.86. The molecule has 4 fully saturated rings. The van der Waals surface area contributed by atoms with Crippen molar-refractivity contribution in [3.8, 4) is 0 Å². The lowest BCUT2D eigenvalue weighted by Gasteiger charge is -2.59. The van der Waals surface area contributed by atoms with Gasteiger partial charge in [0.15, 0.2) is 0 Å². The van der Waals surface area contributed by atoms with Crippen LogP contribution in [-0.2, 0) is 13.6 Å². The second-order valence-electron chi connectivity index (χ2n) is 7.99. The molecule has 0 unspecified atom stereocenters. The van der Waals surface area contributed by atoms with E-state index in [1.54, 1.807) is 19.3 Å². The van der Waals surface area contributed by atoms with E-state index in [1.165, 1.54) is 25.0 Å². The quantitative estimate of drug-likeness (QED) is 0.884. The molecule has 20 heavy (non-hydrogen) atoms. The van der Waals surface area contributed by atoms with Gasteiger partial charge in [-0.1, -0.05) is 0 Å². The minimum atomic E-state index is 0.625. The van der Waals surface area contributed by atoms with Crippen LogP contribution >= 0.6 is 0 Å². The highest BCUT2D eigenvalue weighted by Gasteiger charge is 2.52. The van der Waals surface area contributed by atoms with Crippen LogP contribution in [-0.4, -0.2) is 10.6 Å². The van der Waals surface area contributed by atoms with Gasteiger partial charge in [0.05, 0.1) is 0 Å². The summed E-state index contributed by atoms with van der Waals surface area (Å²) >= 11 is 0. The van der Waals surface area contributed by atoms with Gasteiger partial charge in [-0.2, -0.15) is 0 Å². The SMILES string of the molecule is C[C@@H](NCc1cccn1C)C12CC3CC(CC(C3)C1)C2. The van der Waals surface area contributed by atoms with Gasteiger partial charge in [0.1, 0.15) is 0 Å². The minimum absolute atomic E-state index is 0.625. The van der Waals surface area contributed by atoms with E-state index in [2.05, 4.69) is 42.2 Å². The van der Waals surface area contributed by atoms with E-state index in [0.717, 1.165) is 24.3 Å². The molecule has 4 saturated carbocycles. The molecular formula is C18H28N2. The van der Waals surface area contributed by atoms with Crippen molar-refractivity contribution in [3.63, 3.8) is 0 Å². The van der Waals surface area contributed by atoms with E-state index in [4.69, 9.17) is 0 Å². The average molecular weight is 272 g/mol. The van der Waals surface area contributed by atoms with E-state index in [1.807, 2.05) is 0 Å². The molecule has 1 aromatic heterocycles. The topological polar surface area (TPSA) is 17.0 Å². The molecule has 2 nitrogen and oxygen atoms in total. The highest BCUT2D eigenvalue weighted by atomic mass is 15.0. The molecule has 1 N–H and O–H groups in total. The molecule has 110 valence electrons. The Balaban J connectivity index is 1.45. The van der Waals surface area contributed by atoms with E-state index < -0.39 is 0 Å². The van der Waals surface area contributed by atoms with Crippen molar-refractivity contribution < 1.29 is 0 Å². The van der Waals surface area contributed by atoms with Crippen LogP contribution in [0.25, 0.3) is 0 Å². The third-order valence-corrected chi connectivity index (χ3v) is 6.64. The summed E-state index contributed by atoms with van der Waals surface area (Å²) in [7, 11) is 2.15. The Labute approximate surface area is 122 Å². The number of nitrogens with zero attached hydrogens (tertiary/aromatic N) is 1. The molecule has 2 heteroatoms. The normalized spacial score (nSPS) is 40.2. The fraction of sp³-hybridized carbons (Fsp3) is 0.778. The summed E-state index contributed by atoms with van der Waals surface area (Å²) in [5.74, 6) is 3.17. The average Bonchev–Trinajstić information content (AvgIpc) is 2.80. The van der Waals surface area contributed by atoms with E-state index in [9.17, 15) is 0 Å². The maximum atomic E-state index is 3.86. The van der Waals surface area contributed by atoms with Crippen molar-refractivity contribution in [2.75, 3.05) is 0 Å². The van der Waals surface area contributed by atoms with Crippen molar-refractivity contribution in [1.82, 2.24) is 9.88 Å². The number of hydrogen-bond acceptors (Lipinski definition) is 1. The minimum Gasteiger partial charge on any atom is -0.353 e. The van der Waals surface area contributed by atoms with Crippen molar-refractivity contribution in [2.24, 2.45) is 30.2 Å². The maximum Gasteiger partial charge on any atom is 0.0361 e. The molecule has 0 aromatic carbocycles. The molecule has 0 saturated heterocycles. The third kappa shape index (κ3) is 2.04. The molecule has 0 aliphatic heterocycles. The van der Waals surface area contributed by atoms with Crippen LogP contribution < -0.4 is 5.32 Å². The Kier molecular flexibility index (Phi) is 2.99. The molecule has 1 heterocycles. The summed E-state index contributed by atoms with van der Waals surface area (Å²) < 4.78 is 2.24. The molecule has 0 amide bonds. The molecule has 1 atom stereocenters. The highest BCUT2D eigenvalue weighted by molar-refractivity contribution is 5.08. The van der Waals surface area contributed by atoms with Gasteiger partial charge in [0.25, 0.3) is 0 Å². The zero-order valence-corrected chi connectivity index (χ0v) is 12.9. The summed E-state index contributed by atoms with van der Waals surface area (Å²) in [4.78, 5) is 0. The first kappa shape index (κ1) is 12.9. The van der Waals surface area contributed by atoms with Crippen LogP contribution in [0.1, 0.15) is 51.1 Å². The number of aromatic nitrogens is 1. The monoisotopic (exact) mass is 272 g/mol. The number of aryl methyl sites for hydroxylation is 1. The Morgan fingerprint density at radius 3 is 2.30 bits per heavy atom. The lowest BCUT2D eigenvalue weighted by Crippen LogP contribution is -2.54. The molecule has 4 aliphatic carbocycles. The fourth-order valence-corrected chi connectivity index (χ4v) is 5.86. The number of rotatable bonds is 4. The van der Waals surface area contributed by atoms with Gasteiger partial charge in [-0.15, -0.1) is 0 Å². The standard InChI is InChI=1S/C18H28N2/c1-13(19-12-17-4-3-5-20(17)2)18-9-14-6-15(10-18)8-16(7-14)11-18/h3-5,13-16,19H,6-12H2,1-2H3/t13-,14?,15?,16?,18?/m1/s1. The van der Waals surface area contributed by atoms with E-state index >= 15 is 0 Å². The Morgan fingerprint density at radius 2 is 1.80 bits per heavy atom. The lowest BCUT2D eigenvalue weighted by atomic mass is 9.48. The maximum absolute atomic E-state index is 3.86. The van der Waals surface area contributed by atoms with Gasteiger partial charge in [-0.3, -0.25) is 0 Å². The summed E-state index contributed by atoms with van der Waals surface area (Å²) in [5.41, 5.74) is 2.03. The van der Waals surface area contributed by atoms with Crippen LogP contribution in [0.15, 0.2) is 18.3 Å². The first-order valence-corrected chi connectivity index (χ1v) is 8.48. The van der Waals surface area contributed by atoms with Crippen molar-refractivity contribution >= 4 is 0 Å². The van der Waals surface area contributed by atoms with Gasteiger partial charge < -0.3 is 9.88 Å². The predicted octanol–water partition coefficient (Wildman–Crippen LogP) is 3.72. The zero-order chi connectivity index (χ0) is 13.7. The van der Waals surface area contributed by atoms with Gasteiger partial charge in [0, 0.05) is 31.5 Å². The smallest absolute Gasteiger partial charge is 0.0361 e. The second-order valence-corrected chi connectivity index (χ2v) is 7.99. The first-order chi connectivity index (χ1) is 9.64. The summed E-state index contributed by atoms with van der Waals surface area (Å²) in [6.07, 6.45) is 11.3. The van der Waals surface area contributed by atoms with Crippen LogP contribution in [0.2, 0.25) is 0 Å². The molecule has 4 aliphatic rings. The molecule has 0 spiro atoms. The van der Waals surface area contributed by atoms with Gasteiger partial charge in [0.2, 0.25) is 0 Å². The molecular weight excluding hydrogens is 244 g/mol. The van der Waals surface area contributed by atoms with Crippen LogP contribution in [0.3, 0.4) is 0 Å².